The van der Waals surface area contributed by atoms with Gasteiger partial charge in [-0.15, -0.1) is 0 Å². The largest absolute Gasteiger partial charge is 0.459 e. The lowest BCUT2D eigenvalue weighted by molar-refractivity contribution is -0.148. The highest BCUT2D eigenvalue weighted by molar-refractivity contribution is 5.87. The van der Waals surface area contributed by atoms with E-state index in [-0.39, 0.29) is 12.1 Å². The van der Waals surface area contributed by atoms with Crippen LogP contribution in [0.4, 0.5) is 0 Å². The van der Waals surface area contributed by atoms with E-state index < -0.39 is 0 Å². The van der Waals surface area contributed by atoms with Gasteiger partial charge >= 0.3 is 5.97 Å². The molecule has 3 rings (SSSR count). The summed E-state index contributed by atoms with van der Waals surface area (Å²) in [6.07, 6.45) is 6.81. The Hall–Kier alpha value is -0.790. The third-order valence-electron chi connectivity index (χ3n) is 4.97. The quantitative estimate of drug-likeness (QED) is 0.528. The van der Waals surface area contributed by atoms with Crippen molar-refractivity contribution in [2.45, 2.75) is 45.1 Å². The zero-order valence-electron chi connectivity index (χ0n) is 9.95. The molecule has 2 heteroatoms. The molecule has 2 bridgehead atoms. The Morgan fingerprint density at radius 3 is 2.69 bits per heavy atom. The molecule has 0 radical (unpaired) electrons. The first kappa shape index (κ1) is 10.4. The van der Waals surface area contributed by atoms with Gasteiger partial charge in [0.1, 0.15) is 6.10 Å². The molecule has 3 unspecified atom stereocenters. The predicted octanol–water partition coefficient (Wildman–Crippen LogP) is 2.93. The van der Waals surface area contributed by atoms with Crippen LogP contribution in [-0.4, -0.2) is 12.1 Å². The number of fused-ring (bicyclic) bond motifs is 5. The van der Waals surface area contributed by atoms with Gasteiger partial charge in [-0.2, -0.15) is 0 Å². The van der Waals surface area contributed by atoms with E-state index >= 15 is 0 Å². The predicted molar refractivity (Wildman–Crippen MR) is 61.7 cm³/mol. The number of ether oxygens (including phenoxy) is 1. The fraction of sp³-hybridized carbons (Fsp3) is 0.786. The van der Waals surface area contributed by atoms with Crippen molar-refractivity contribution in [3.8, 4) is 0 Å². The van der Waals surface area contributed by atoms with E-state index in [9.17, 15) is 4.79 Å². The Bertz CT molecular complexity index is 334. The maximum absolute atomic E-state index is 11.5. The molecule has 0 amide bonds. The maximum atomic E-state index is 11.5. The number of esters is 1. The molecule has 0 aromatic rings. The summed E-state index contributed by atoms with van der Waals surface area (Å²) in [5, 5.41) is 0. The fourth-order valence-electron chi connectivity index (χ4n) is 4.38. The van der Waals surface area contributed by atoms with Crippen LogP contribution in [0.25, 0.3) is 0 Å². The van der Waals surface area contributed by atoms with E-state index in [0.717, 1.165) is 24.2 Å². The maximum Gasteiger partial charge on any atom is 0.333 e. The zero-order valence-corrected chi connectivity index (χ0v) is 9.95. The van der Waals surface area contributed by atoms with E-state index in [4.69, 9.17) is 4.74 Å². The van der Waals surface area contributed by atoms with Crippen LogP contribution in [0, 0.1) is 23.7 Å². The number of hydrogen-bond acceptors (Lipinski definition) is 2. The third kappa shape index (κ3) is 1.42. The van der Waals surface area contributed by atoms with Gasteiger partial charge < -0.3 is 4.74 Å². The summed E-state index contributed by atoms with van der Waals surface area (Å²) >= 11 is 0. The van der Waals surface area contributed by atoms with Gasteiger partial charge in [0.15, 0.2) is 0 Å². The van der Waals surface area contributed by atoms with Crippen molar-refractivity contribution in [1.29, 1.82) is 0 Å². The van der Waals surface area contributed by atoms with Crippen molar-refractivity contribution in [2.75, 3.05) is 0 Å². The van der Waals surface area contributed by atoms with Gasteiger partial charge in [-0.05, 0) is 56.3 Å². The summed E-state index contributed by atoms with van der Waals surface area (Å²) < 4.78 is 5.58. The minimum atomic E-state index is -0.188. The minimum absolute atomic E-state index is 0.188. The molecule has 0 saturated heterocycles. The normalized spacial score (nSPS) is 44.4. The van der Waals surface area contributed by atoms with Crippen LogP contribution in [0.15, 0.2) is 12.2 Å². The van der Waals surface area contributed by atoms with Gasteiger partial charge in [0.05, 0.1) is 0 Å². The molecule has 3 saturated carbocycles. The Balaban J connectivity index is 1.68. The van der Waals surface area contributed by atoms with Gasteiger partial charge in [0.2, 0.25) is 0 Å². The van der Waals surface area contributed by atoms with Crippen molar-refractivity contribution < 1.29 is 9.53 Å². The second-order valence-electron chi connectivity index (χ2n) is 5.88. The minimum Gasteiger partial charge on any atom is -0.459 e. The summed E-state index contributed by atoms with van der Waals surface area (Å²) in [6, 6.07) is 0. The van der Waals surface area contributed by atoms with E-state index in [1.54, 1.807) is 6.92 Å². The highest BCUT2D eigenvalue weighted by Crippen LogP contribution is 2.59. The second kappa shape index (κ2) is 3.61. The summed E-state index contributed by atoms with van der Waals surface area (Å²) in [5.74, 6) is 3.15. The topological polar surface area (TPSA) is 26.3 Å². The van der Waals surface area contributed by atoms with Crippen LogP contribution in [0.5, 0.6) is 0 Å². The lowest BCUT2D eigenvalue weighted by Gasteiger charge is -2.31. The Morgan fingerprint density at radius 2 is 1.94 bits per heavy atom. The van der Waals surface area contributed by atoms with Crippen molar-refractivity contribution in [3.05, 3.63) is 12.2 Å². The highest BCUT2D eigenvalue weighted by Gasteiger charge is 2.55. The van der Waals surface area contributed by atoms with Crippen LogP contribution in [0.2, 0.25) is 0 Å². The fourth-order valence-corrected chi connectivity index (χ4v) is 4.38. The third-order valence-corrected chi connectivity index (χ3v) is 4.97. The number of carbonyl (C=O) groups excluding carboxylic acids is 1. The molecule has 0 heterocycles. The van der Waals surface area contributed by atoms with Crippen LogP contribution in [-0.2, 0) is 9.53 Å². The highest BCUT2D eigenvalue weighted by atomic mass is 16.5. The van der Waals surface area contributed by atoms with Gasteiger partial charge in [-0.1, -0.05) is 13.0 Å². The van der Waals surface area contributed by atoms with Crippen LogP contribution in [0.1, 0.15) is 39.0 Å². The van der Waals surface area contributed by atoms with E-state index in [0.29, 0.717) is 11.5 Å². The number of carbonyl (C=O) groups is 1. The molecular weight excluding hydrogens is 200 g/mol. The lowest BCUT2D eigenvalue weighted by atomic mass is 9.80. The SMILES string of the molecule is C=C(C)C(=O)OC1C[C@H]2C[C@@H]1C1CCCC12. The average Bonchev–Trinajstić information content (AvgIpc) is 2.87. The summed E-state index contributed by atoms with van der Waals surface area (Å²) in [6.45, 7) is 5.38. The molecule has 0 spiro atoms. The number of hydrogen-bond donors (Lipinski definition) is 0. The number of rotatable bonds is 2. The van der Waals surface area contributed by atoms with Crippen molar-refractivity contribution in [1.82, 2.24) is 0 Å². The van der Waals surface area contributed by atoms with Gasteiger partial charge in [0.25, 0.3) is 0 Å². The zero-order chi connectivity index (χ0) is 11.3. The smallest absolute Gasteiger partial charge is 0.333 e. The molecule has 2 nitrogen and oxygen atoms in total. The van der Waals surface area contributed by atoms with Crippen LogP contribution < -0.4 is 0 Å². The van der Waals surface area contributed by atoms with Gasteiger partial charge in [-0.25, -0.2) is 4.79 Å². The first-order valence-corrected chi connectivity index (χ1v) is 6.53. The van der Waals surface area contributed by atoms with Crippen LogP contribution in [0.3, 0.4) is 0 Å². The van der Waals surface area contributed by atoms with Crippen molar-refractivity contribution in [2.24, 2.45) is 23.7 Å². The first-order chi connectivity index (χ1) is 7.66. The van der Waals surface area contributed by atoms with E-state index in [1.165, 1.54) is 25.7 Å². The molecule has 88 valence electrons. The molecule has 3 aliphatic rings. The van der Waals surface area contributed by atoms with Gasteiger partial charge in [-0.3, -0.25) is 0 Å². The molecule has 16 heavy (non-hydrogen) atoms. The Kier molecular flexibility index (Phi) is 2.34. The van der Waals surface area contributed by atoms with E-state index in [1.807, 2.05) is 0 Å². The van der Waals surface area contributed by atoms with E-state index in [2.05, 4.69) is 6.58 Å². The monoisotopic (exact) mass is 220 g/mol. The molecule has 0 N–H and O–H groups in total. The van der Waals surface area contributed by atoms with Gasteiger partial charge in [0, 0.05) is 5.57 Å². The second-order valence-corrected chi connectivity index (χ2v) is 5.88. The molecule has 3 aliphatic carbocycles. The average molecular weight is 220 g/mol. The summed E-state index contributed by atoms with van der Waals surface area (Å²) in [5.41, 5.74) is 0.533. The summed E-state index contributed by atoms with van der Waals surface area (Å²) in [7, 11) is 0. The summed E-state index contributed by atoms with van der Waals surface area (Å²) in [4.78, 5) is 11.5. The standard InChI is InChI=1S/C14H20O2/c1-8(2)14(15)16-13-7-9-6-12(13)11-5-3-4-10(9)11/h9-13H,1,3-7H2,2H3/t9-,10?,11?,12-,13?/m1/s1. The molecule has 0 aromatic carbocycles. The van der Waals surface area contributed by atoms with Crippen molar-refractivity contribution >= 4 is 5.97 Å². The lowest BCUT2D eigenvalue weighted by Crippen LogP contribution is -2.32. The molecular formula is C14H20O2. The molecule has 0 aliphatic heterocycles. The van der Waals surface area contributed by atoms with Crippen molar-refractivity contribution in [3.63, 3.8) is 0 Å². The van der Waals surface area contributed by atoms with Crippen LogP contribution >= 0.6 is 0 Å². The molecule has 3 fully saturated rings. The molecule has 0 aromatic heterocycles. The first-order valence-electron chi connectivity index (χ1n) is 6.53. The molecule has 5 atom stereocenters. The Labute approximate surface area is 97.1 Å². The Morgan fingerprint density at radius 1 is 1.19 bits per heavy atom.